The molecule has 5 heteroatoms. The number of hydrogen-bond acceptors (Lipinski definition) is 4. The second kappa shape index (κ2) is 9.34. The van der Waals surface area contributed by atoms with Gasteiger partial charge in [0, 0.05) is 6.92 Å². The van der Waals surface area contributed by atoms with Gasteiger partial charge in [-0.25, -0.2) is 0 Å². The van der Waals surface area contributed by atoms with Crippen LogP contribution in [0.2, 0.25) is 0 Å². The van der Waals surface area contributed by atoms with Crippen LogP contribution in [0.5, 0.6) is 5.75 Å². The number of nitrogens with zero attached hydrogens (tertiary/aromatic N) is 1. The zero-order valence-corrected chi connectivity index (χ0v) is 16.0. The average molecular weight is 384 g/mol. The fourth-order valence-electron chi connectivity index (χ4n) is 2.98. The van der Waals surface area contributed by atoms with Gasteiger partial charge in [-0.3, -0.25) is 9.59 Å². The molecule has 0 aromatic heterocycles. The number of carbonyl (C=O) groups is 2. The van der Waals surface area contributed by atoms with Gasteiger partial charge in [0.25, 0.3) is 0 Å². The van der Waals surface area contributed by atoms with E-state index in [1.54, 1.807) is 24.3 Å². The predicted molar refractivity (Wildman–Crippen MR) is 110 cm³/mol. The molecular weight excluding hydrogens is 364 g/mol. The Labute approximate surface area is 169 Å². The second-order valence-electron chi connectivity index (χ2n) is 6.56. The predicted octanol–water partition coefficient (Wildman–Crippen LogP) is 4.40. The van der Waals surface area contributed by atoms with Crippen LogP contribution in [0.1, 0.15) is 30.5 Å². The molecule has 0 aliphatic heterocycles. The molecule has 0 fully saturated rings. The fourth-order valence-corrected chi connectivity index (χ4v) is 2.98. The standard InChI is InChI=1S/C24H20N2O3/c1-17(27)26-23(21-5-3-2-4-6-21)15-24(28)29-22-13-11-20(12-14-22)19-9-7-18(16-25)8-10-19/h2-14,23H,15H2,1H3,(H,26,27)/t23-/m1/s1. The fraction of sp³-hybridized carbons (Fsp3) is 0.125. The van der Waals surface area contributed by atoms with Crippen LogP contribution in [0, 0.1) is 11.3 Å². The number of benzene rings is 3. The number of esters is 1. The molecule has 0 saturated carbocycles. The third-order valence-electron chi connectivity index (χ3n) is 4.38. The Morgan fingerprint density at radius 3 is 2.07 bits per heavy atom. The van der Waals surface area contributed by atoms with Crippen LogP contribution < -0.4 is 10.1 Å². The van der Waals surface area contributed by atoms with Crippen molar-refractivity contribution in [2.45, 2.75) is 19.4 Å². The summed E-state index contributed by atoms with van der Waals surface area (Å²) in [5.41, 5.74) is 3.37. The quantitative estimate of drug-likeness (QED) is 0.505. The van der Waals surface area contributed by atoms with E-state index in [-0.39, 0.29) is 12.3 Å². The summed E-state index contributed by atoms with van der Waals surface area (Å²) in [4.78, 5) is 23.9. The highest BCUT2D eigenvalue weighted by Crippen LogP contribution is 2.24. The molecule has 3 aromatic rings. The van der Waals surface area contributed by atoms with Gasteiger partial charge in [-0.15, -0.1) is 0 Å². The SMILES string of the molecule is CC(=O)N[C@H](CC(=O)Oc1ccc(-c2ccc(C#N)cc2)cc1)c1ccccc1. The van der Waals surface area contributed by atoms with Crippen molar-refractivity contribution in [2.75, 3.05) is 0 Å². The molecule has 0 aliphatic rings. The lowest BCUT2D eigenvalue weighted by atomic mass is 10.0. The van der Waals surface area contributed by atoms with Crippen LogP contribution in [-0.2, 0) is 9.59 Å². The molecular formula is C24H20N2O3. The first kappa shape index (κ1) is 19.8. The first-order chi connectivity index (χ1) is 14.0. The molecule has 0 bridgehead atoms. The minimum absolute atomic E-state index is 0.0287. The molecule has 144 valence electrons. The van der Waals surface area contributed by atoms with Crippen molar-refractivity contribution < 1.29 is 14.3 Å². The maximum Gasteiger partial charge on any atom is 0.313 e. The van der Waals surface area contributed by atoms with Crippen molar-refractivity contribution in [3.63, 3.8) is 0 Å². The highest BCUT2D eigenvalue weighted by molar-refractivity contribution is 5.77. The lowest BCUT2D eigenvalue weighted by molar-refractivity contribution is -0.135. The van der Waals surface area contributed by atoms with E-state index in [1.807, 2.05) is 54.6 Å². The Morgan fingerprint density at radius 1 is 0.931 bits per heavy atom. The van der Waals surface area contributed by atoms with Crippen LogP contribution >= 0.6 is 0 Å². The maximum absolute atomic E-state index is 12.4. The van der Waals surface area contributed by atoms with E-state index in [1.165, 1.54) is 6.92 Å². The summed E-state index contributed by atoms with van der Waals surface area (Å²) in [5.74, 6) is -0.209. The zero-order valence-electron chi connectivity index (χ0n) is 16.0. The van der Waals surface area contributed by atoms with Gasteiger partial charge in [-0.2, -0.15) is 5.26 Å². The average Bonchev–Trinajstić information content (AvgIpc) is 2.74. The van der Waals surface area contributed by atoms with Gasteiger partial charge in [0.05, 0.1) is 24.1 Å². The third kappa shape index (κ3) is 5.53. The number of nitriles is 1. The molecule has 5 nitrogen and oxygen atoms in total. The third-order valence-corrected chi connectivity index (χ3v) is 4.38. The Bertz CT molecular complexity index is 1020. The number of nitrogens with one attached hydrogen (secondary N) is 1. The van der Waals surface area contributed by atoms with Gasteiger partial charge in [0.1, 0.15) is 5.75 Å². The highest BCUT2D eigenvalue weighted by Gasteiger charge is 2.18. The minimum Gasteiger partial charge on any atom is -0.426 e. The molecule has 0 heterocycles. The summed E-state index contributed by atoms with van der Waals surface area (Å²) in [7, 11) is 0. The van der Waals surface area contributed by atoms with Crippen LogP contribution in [0.4, 0.5) is 0 Å². The van der Waals surface area contributed by atoms with Crippen LogP contribution in [0.25, 0.3) is 11.1 Å². The maximum atomic E-state index is 12.4. The molecule has 0 aliphatic carbocycles. The largest absolute Gasteiger partial charge is 0.426 e. The molecule has 1 amide bonds. The number of amides is 1. The Hall–Kier alpha value is -3.91. The lowest BCUT2D eigenvalue weighted by Crippen LogP contribution is -2.29. The van der Waals surface area contributed by atoms with E-state index in [9.17, 15) is 9.59 Å². The minimum atomic E-state index is -0.445. The van der Waals surface area contributed by atoms with Crippen molar-refractivity contribution in [1.29, 1.82) is 5.26 Å². The molecule has 0 spiro atoms. The summed E-state index contributed by atoms with van der Waals surface area (Å²) in [6.07, 6.45) is 0.0287. The molecule has 0 radical (unpaired) electrons. The van der Waals surface area contributed by atoms with Gasteiger partial charge < -0.3 is 10.1 Å². The number of rotatable bonds is 6. The van der Waals surface area contributed by atoms with E-state index < -0.39 is 12.0 Å². The molecule has 1 atom stereocenters. The van der Waals surface area contributed by atoms with Crippen molar-refractivity contribution in [3.05, 3.63) is 90.0 Å². The van der Waals surface area contributed by atoms with Gasteiger partial charge in [-0.1, -0.05) is 54.6 Å². The summed E-state index contributed by atoms with van der Waals surface area (Å²) in [6, 6.07) is 25.4. The number of hydrogen-bond donors (Lipinski definition) is 1. The topological polar surface area (TPSA) is 79.2 Å². The van der Waals surface area contributed by atoms with E-state index >= 15 is 0 Å². The van der Waals surface area contributed by atoms with Crippen molar-refractivity contribution >= 4 is 11.9 Å². The van der Waals surface area contributed by atoms with E-state index in [2.05, 4.69) is 11.4 Å². The van der Waals surface area contributed by atoms with Crippen LogP contribution in [0.3, 0.4) is 0 Å². The van der Waals surface area contributed by atoms with Crippen LogP contribution in [-0.4, -0.2) is 11.9 Å². The molecule has 0 saturated heterocycles. The summed E-state index contributed by atoms with van der Waals surface area (Å²) < 4.78 is 5.44. The highest BCUT2D eigenvalue weighted by atomic mass is 16.5. The van der Waals surface area contributed by atoms with Crippen molar-refractivity contribution in [1.82, 2.24) is 5.32 Å². The Morgan fingerprint density at radius 2 is 1.52 bits per heavy atom. The number of ether oxygens (including phenoxy) is 1. The van der Waals surface area contributed by atoms with E-state index in [0.717, 1.165) is 16.7 Å². The molecule has 0 unspecified atom stereocenters. The van der Waals surface area contributed by atoms with Crippen LogP contribution in [0.15, 0.2) is 78.9 Å². The Kier molecular flexibility index (Phi) is 6.39. The Balaban J connectivity index is 1.66. The first-order valence-electron chi connectivity index (χ1n) is 9.18. The number of carbonyl (C=O) groups excluding carboxylic acids is 2. The molecule has 1 N–H and O–H groups in total. The van der Waals surface area contributed by atoms with Gasteiger partial charge in [-0.05, 0) is 41.0 Å². The molecule has 3 rings (SSSR count). The zero-order chi connectivity index (χ0) is 20.6. The summed E-state index contributed by atoms with van der Waals surface area (Å²) in [5, 5.41) is 11.7. The lowest BCUT2D eigenvalue weighted by Gasteiger charge is -2.17. The smallest absolute Gasteiger partial charge is 0.313 e. The molecule has 29 heavy (non-hydrogen) atoms. The van der Waals surface area contributed by atoms with Gasteiger partial charge in [0.15, 0.2) is 0 Å². The monoisotopic (exact) mass is 384 g/mol. The summed E-state index contributed by atoms with van der Waals surface area (Å²) >= 11 is 0. The second-order valence-corrected chi connectivity index (χ2v) is 6.56. The van der Waals surface area contributed by atoms with Crippen molar-refractivity contribution in [3.8, 4) is 22.9 Å². The summed E-state index contributed by atoms with van der Waals surface area (Å²) in [6.45, 7) is 1.42. The van der Waals surface area contributed by atoms with Gasteiger partial charge in [0.2, 0.25) is 5.91 Å². The van der Waals surface area contributed by atoms with Crippen molar-refractivity contribution in [2.24, 2.45) is 0 Å². The van der Waals surface area contributed by atoms with Gasteiger partial charge >= 0.3 is 5.97 Å². The molecule has 3 aromatic carbocycles. The normalized spacial score (nSPS) is 11.2. The first-order valence-corrected chi connectivity index (χ1v) is 9.18. The van der Waals surface area contributed by atoms with E-state index in [4.69, 9.17) is 10.00 Å². The van der Waals surface area contributed by atoms with E-state index in [0.29, 0.717) is 11.3 Å².